The van der Waals surface area contributed by atoms with E-state index in [4.69, 9.17) is 16.3 Å². The first-order valence-electron chi connectivity index (χ1n) is 6.09. The Kier molecular flexibility index (Phi) is 5.29. The number of hydrogen-bond donors (Lipinski definition) is 2. The van der Waals surface area contributed by atoms with Crippen molar-refractivity contribution >= 4 is 33.2 Å². The molecule has 20 heavy (non-hydrogen) atoms. The molecular formula is C15H15BrClNO2. The van der Waals surface area contributed by atoms with Crippen molar-refractivity contribution in [3.8, 4) is 5.75 Å². The Bertz CT molecular complexity index is 604. The highest BCUT2D eigenvalue weighted by Gasteiger charge is 2.07. The van der Waals surface area contributed by atoms with Crippen molar-refractivity contribution in [2.45, 2.75) is 13.2 Å². The number of hydrogen-bond acceptors (Lipinski definition) is 3. The topological polar surface area (TPSA) is 41.5 Å². The van der Waals surface area contributed by atoms with E-state index < -0.39 is 0 Å². The van der Waals surface area contributed by atoms with Gasteiger partial charge in [-0.05, 0) is 29.8 Å². The quantitative estimate of drug-likeness (QED) is 0.825. The third-order valence-corrected chi connectivity index (χ3v) is 3.95. The molecule has 0 atom stereocenters. The van der Waals surface area contributed by atoms with Crippen molar-refractivity contribution < 1.29 is 9.84 Å². The van der Waals surface area contributed by atoms with E-state index in [2.05, 4.69) is 21.2 Å². The van der Waals surface area contributed by atoms with Crippen molar-refractivity contribution in [3.63, 3.8) is 0 Å². The summed E-state index contributed by atoms with van der Waals surface area (Å²) < 4.78 is 6.22. The second kappa shape index (κ2) is 6.97. The smallest absolute Gasteiger partial charge is 0.134 e. The minimum Gasteiger partial charge on any atom is -0.506 e. The van der Waals surface area contributed by atoms with E-state index in [-0.39, 0.29) is 5.75 Å². The van der Waals surface area contributed by atoms with E-state index in [1.54, 1.807) is 19.2 Å². The molecule has 0 aromatic heterocycles. The van der Waals surface area contributed by atoms with Gasteiger partial charge in [-0.25, -0.2) is 0 Å². The minimum atomic E-state index is 0.0953. The van der Waals surface area contributed by atoms with Crippen LogP contribution in [0.3, 0.4) is 0 Å². The summed E-state index contributed by atoms with van der Waals surface area (Å²) in [6.45, 7) is 1.15. The number of benzene rings is 2. The van der Waals surface area contributed by atoms with Crippen LogP contribution in [0.25, 0.3) is 0 Å². The predicted molar refractivity (Wildman–Crippen MR) is 85.3 cm³/mol. The Morgan fingerprint density at radius 2 is 2.10 bits per heavy atom. The summed E-state index contributed by atoms with van der Waals surface area (Å²) >= 11 is 9.42. The van der Waals surface area contributed by atoms with E-state index in [0.29, 0.717) is 18.2 Å². The molecule has 2 rings (SSSR count). The number of phenols is 1. The van der Waals surface area contributed by atoms with Crippen LogP contribution in [-0.2, 0) is 17.9 Å². The van der Waals surface area contributed by atoms with Gasteiger partial charge in [0.1, 0.15) is 5.75 Å². The molecule has 0 spiro atoms. The molecule has 3 nitrogen and oxygen atoms in total. The zero-order valence-corrected chi connectivity index (χ0v) is 13.3. The van der Waals surface area contributed by atoms with Gasteiger partial charge in [-0.3, -0.25) is 0 Å². The minimum absolute atomic E-state index is 0.0953. The van der Waals surface area contributed by atoms with Gasteiger partial charge in [-0.15, -0.1) is 0 Å². The third kappa shape index (κ3) is 3.66. The van der Waals surface area contributed by atoms with Gasteiger partial charge in [0.25, 0.3) is 0 Å². The van der Waals surface area contributed by atoms with E-state index in [9.17, 15) is 5.11 Å². The predicted octanol–water partition coefficient (Wildman–Crippen LogP) is 4.57. The molecule has 2 aromatic carbocycles. The molecule has 2 N–H and O–H groups in total. The van der Waals surface area contributed by atoms with Gasteiger partial charge < -0.3 is 15.2 Å². The van der Waals surface area contributed by atoms with Crippen molar-refractivity contribution in [1.29, 1.82) is 0 Å². The first kappa shape index (κ1) is 15.2. The zero-order valence-electron chi connectivity index (χ0n) is 11.0. The number of halogens is 2. The first-order valence-corrected chi connectivity index (χ1v) is 7.26. The maximum atomic E-state index is 9.40. The molecule has 0 saturated carbocycles. The second-order valence-electron chi connectivity index (χ2n) is 4.34. The van der Waals surface area contributed by atoms with Crippen molar-refractivity contribution in [2.75, 3.05) is 12.4 Å². The average molecular weight is 357 g/mol. The highest BCUT2D eigenvalue weighted by Crippen LogP contribution is 2.27. The molecule has 2 aromatic rings. The fourth-order valence-electron chi connectivity index (χ4n) is 1.87. The fraction of sp³-hybridized carbons (Fsp3) is 0.200. The summed E-state index contributed by atoms with van der Waals surface area (Å²) in [5.74, 6) is 0.0953. The van der Waals surface area contributed by atoms with Crippen LogP contribution < -0.4 is 5.32 Å². The Morgan fingerprint density at radius 3 is 2.80 bits per heavy atom. The Morgan fingerprint density at radius 1 is 1.30 bits per heavy atom. The molecular weight excluding hydrogens is 342 g/mol. The largest absolute Gasteiger partial charge is 0.506 e. The van der Waals surface area contributed by atoms with Crippen LogP contribution in [0.4, 0.5) is 5.69 Å². The number of nitrogens with one attached hydrogen (secondary N) is 1. The highest BCUT2D eigenvalue weighted by molar-refractivity contribution is 9.10. The third-order valence-electron chi connectivity index (χ3n) is 2.90. The van der Waals surface area contributed by atoms with E-state index >= 15 is 0 Å². The van der Waals surface area contributed by atoms with Gasteiger partial charge in [0.2, 0.25) is 0 Å². The van der Waals surface area contributed by atoms with Crippen LogP contribution >= 0.6 is 27.5 Å². The molecule has 0 aliphatic carbocycles. The van der Waals surface area contributed by atoms with Gasteiger partial charge in [0, 0.05) is 29.4 Å². The molecule has 106 valence electrons. The molecule has 0 radical (unpaired) electrons. The molecule has 0 unspecified atom stereocenters. The summed E-state index contributed by atoms with van der Waals surface area (Å²) in [6, 6.07) is 11.1. The lowest BCUT2D eigenvalue weighted by Gasteiger charge is -2.13. The standard InChI is InChI=1S/C15H15BrClNO2/c1-20-9-11-12(16)3-2-4-14(11)18-8-10-5-6-15(19)13(17)7-10/h2-7,18-19H,8-9H2,1H3. The molecule has 0 aliphatic heterocycles. The summed E-state index contributed by atoms with van der Waals surface area (Å²) in [5.41, 5.74) is 3.07. The van der Waals surface area contributed by atoms with Crippen molar-refractivity contribution in [3.05, 3.63) is 57.0 Å². The maximum Gasteiger partial charge on any atom is 0.134 e. The Labute approximate surface area is 131 Å². The van der Waals surface area contributed by atoms with E-state index in [1.807, 2.05) is 24.3 Å². The summed E-state index contributed by atoms with van der Waals surface area (Å²) in [5, 5.41) is 13.1. The van der Waals surface area contributed by atoms with Gasteiger partial charge in [0.15, 0.2) is 0 Å². The van der Waals surface area contributed by atoms with Crippen molar-refractivity contribution in [2.24, 2.45) is 0 Å². The maximum absolute atomic E-state index is 9.40. The SMILES string of the molecule is COCc1c(Br)cccc1NCc1ccc(O)c(Cl)c1. The summed E-state index contributed by atoms with van der Waals surface area (Å²) in [7, 11) is 1.67. The van der Waals surface area contributed by atoms with Gasteiger partial charge in [0.05, 0.1) is 11.6 Å². The number of methoxy groups -OCH3 is 1. The van der Waals surface area contributed by atoms with Crippen LogP contribution in [0.2, 0.25) is 5.02 Å². The van der Waals surface area contributed by atoms with Crippen LogP contribution in [0.1, 0.15) is 11.1 Å². The Hall–Kier alpha value is -1.23. The lowest BCUT2D eigenvalue weighted by molar-refractivity contribution is 0.185. The molecule has 5 heteroatoms. The normalized spacial score (nSPS) is 10.6. The summed E-state index contributed by atoms with van der Waals surface area (Å²) in [6.07, 6.45) is 0. The monoisotopic (exact) mass is 355 g/mol. The fourth-order valence-corrected chi connectivity index (χ4v) is 2.56. The summed E-state index contributed by atoms with van der Waals surface area (Å²) in [4.78, 5) is 0. The van der Waals surface area contributed by atoms with Crippen LogP contribution in [0, 0.1) is 0 Å². The van der Waals surface area contributed by atoms with Gasteiger partial charge in [-0.1, -0.05) is 39.7 Å². The molecule has 0 saturated heterocycles. The molecule has 0 aliphatic rings. The number of rotatable bonds is 5. The lowest BCUT2D eigenvalue weighted by Crippen LogP contribution is -2.03. The van der Waals surface area contributed by atoms with Crippen LogP contribution in [0.15, 0.2) is 40.9 Å². The van der Waals surface area contributed by atoms with Crippen LogP contribution in [0.5, 0.6) is 5.75 Å². The molecule has 0 amide bonds. The molecule has 0 fully saturated rings. The first-order chi connectivity index (χ1) is 9.61. The van der Waals surface area contributed by atoms with E-state index in [1.165, 1.54) is 0 Å². The van der Waals surface area contributed by atoms with Gasteiger partial charge >= 0.3 is 0 Å². The number of aromatic hydroxyl groups is 1. The van der Waals surface area contributed by atoms with Gasteiger partial charge in [-0.2, -0.15) is 0 Å². The number of anilines is 1. The highest BCUT2D eigenvalue weighted by atomic mass is 79.9. The lowest BCUT2D eigenvalue weighted by atomic mass is 10.1. The van der Waals surface area contributed by atoms with E-state index in [0.717, 1.165) is 21.3 Å². The average Bonchev–Trinajstić information content (AvgIpc) is 2.43. The molecule has 0 heterocycles. The Balaban J connectivity index is 2.14. The second-order valence-corrected chi connectivity index (χ2v) is 5.60. The van der Waals surface area contributed by atoms with Crippen LogP contribution in [-0.4, -0.2) is 12.2 Å². The molecule has 0 bridgehead atoms. The number of ether oxygens (including phenoxy) is 1. The number of phenolic OH excluding ortho intramolecular Hbond substituents is 1. The zero-order chi connectivity index (χ0) is 14.5. The van der Waals surface area contributed by atoms with Crippen molar-refractivity contribution in [1.82, 2.24) is 0 Å².